The molecule has 0 amide bonds. The maximum absolute atomic E-state index is 12.6. The number of hydrogen-bond acceptors (Lipinski definition) is 4. The van der Waals surface area contributed by atoms with Gasteiger partial charge in [0.1, 0.15) is 16.7 Å². The largest absolute Gasteiger partial charge is 0.457 e. The van der Waals surface area contributed by atoms with Gasteiger partial charge in [-0.1, -0.05) is 49.4 Å². The molecule has 0 radical (unpaired) electrons. The first-order chi connectivity index (χ1) is 15.2. The molecule has 0 bridgehead atoms. The zero-order valence-corrected chi connectivity index (χ0v) is 20.2. The Bertz CT molecular complexity index is 954. The second kappa shape index (κ2) is 10.6. The van der Waals surface area contributed by atoms with E-state index in [1.165, 1.54) is 24.5 Å². The number of hydrogen-bond donors (Lipinski definition) is 1. The summed E-state index contributed by atoms with van der Waals surface area (Å²) >= 11 is 0. The SMILES string of the molecule is CCc1ccccc1F.CN1CCC(c2ccc(C3S(=O)N=C(N)OC3(C)C)cc2)CC1. The van der Waals surface area contributed by atoms with Gasteiger partial charge in [0.15, 0.2) is 11.0 Å². The standard InChI is InChI=1S/C17H25N3O2S.C8H9F/c1-17(2)15(23(21)19-16(18)22-17)14-6-4-12(5-7-14)13-8-10-20(3)11-9-13;1-2-7-5-3-4-6-8(7)9/h4-7,13,15H,8-11H2,1-3H3,(H2,18,19);3-6H,2H2,1H3. The summed E-state index contributed by atoms with van der Waals surface area (Å²) in [6.45, 7) is 8.05. The van der Waals surface area contributed by atoms with Crippen molar-refractivity contribution in [1.29, 1.82) is 0 Å². The fraction of sp³-hybridized carbons (Fsp3) is 0.480. The highest BCUT2D eigenvalue weighted by Crippen LogP contribution is 2.38. The number of amidine groups is 1. The maximum atomic E-state index is 12.6. The summed E-state index contributed by atoms with van der Waals surface area (Å²) in [4.78, 5) is 2.37. The van der Waals surface area contributed by atoms with Gasteiger partial charge in [-0.3, -0.25) is 0 Å². The molecule has 5 nitrogen and oxygen atoms in total. The van der Waals surface area contributed by atoms with Crippen LogP contribution < -0.4 is 5.73 Å². The molecule has 2 N–H and O–H groups in total. The molecular formula is C25H34FN3O2S. The first kappa shape index (κ1) is 24.4. The van der Waals surface area contributed by atoms with Crippen molar-refractivity contribution in [2.24, 2.45) is 10.1 Å². The van der Waals surface area contributed by atoms with Gasteiger partial charge in [0, 0.05) is 0 Å². The molecule has 0 saturated carbocycles. The molecule has 2 unspecified atom stereocenters. The van der Waals surface area contributed by atoms with Gasteiger partial charge in [-0.05, 0) is 81.9 Å². The Morgan fingerprint density at radius 3 is 2.25 bits per heavy atom. The molecule has 2 heterocycles. The van der Waals surface area contributed by atoms with Crippen LogP contribution in [0.3, 0.4) is 0 Å². The number of piperidine rings is 1. The maximum Gasteiger partial charge on any atom is 0.296 e. The topological polar surface area (TPSA) is 67.9 Å². The predicted molar refractivity (Wildman–Crippen MR) is 129 cm³/mol. The second-order valence-electron chi connectivity index (χ2n) is 8.98. The Morgan fingerprint density at radius 2 is 1.72 bits per heavy atom. The summed E-state index contributed by atoms with van der Waals surface area (Å²) in [7, 11) is 0.759. The average Bonchev–Trinajstić information content (AvgIpc) is 2.74. The molecule has 4 rings (SSSR count). The molecule has 2 aliphatic heterocycles. The van der Waals surface area contributed by atoms with Crippen LogP contribution in [0, 0.1) is 5.82 Å². The quantitative estimate of drug-likeness (QED) is 0.722. The van der Waals surface area contributed by atoms with Crippen LogP contribution in [0.2, 0.25) is 0 Å². The first-order valence-electron chi connectivity index (χ1n) is 11.2. The van der Waals surface area contributed by atoms with E-state index in [-0.39, 0.29) is 17.1 Å². The third-order valence-electron chi connectivity index (χ3n) is 6.15. The third kappa shape index (κ3) is 5.95. The highest BCUT2D eigenvalue weighted by molar-refractivity contribution is 7.84. The lowest BCUT2D eigenvalue weighted by Crippen LogP contribution is -2.43. The van der Waals surface area contributed by atoms with E-state index < -0.39 is 16.6 Å². The Labute approximate surface area is 193 Å². The molecule has 2 atom stereocenters. The van der Waals surface area contributed by atoms with Crippen LogP contribution in [0.4, 0.5) is 4.39 Å². The highest BCUT2D eigenvalue weighted by Gasteiger charge is 2.41. The molecule has 1 saturated heterocycles. The minimum atomic E-state index is -1.41. The number of nitrogens with zero attached hydrogens (tertiary/aromatic N) is 2. The van der Waals surface area contributed by atoms with Crippen LogP contribution in [-0.2, 0) is 22.1 Å². The van der Waals surface area contributed by atoms with E-state index in [0.29, 0.717) is 5.92 Å². The van der Waals surface area contributed by atoms with E-state index in [1.807, 2.05) is 26.8 Å². The zero-order chi connectivity index (χ0) is 23.3. The normalized spacial score (nSPS) is 23.5. The number of aryl methyl sites for hydroxylation is 1. The minimum Gasteiger partial charge on any atom is -0.457 e. The van der Waals surface area contributed by atoms with Crippen LogP contribution in [0.25, 0.3) is 0 Å². The van der Waals surface area contributed by atoms with E-state index in [1.54, 1.807) is 12.1 Å². The number of nitrogens with two attached hydrogens (primary N) is 1. The Hall–Kier alpha value is -2.25. The third-order valence-corrected chi connectivity index (χ3v) is 7.75. The number of rotatable bonds is 3. The van der Waals surface area contributed by atoms with Gasteiger partial charge in [0.05, 0.1) is 0 Å². The van der Waals surface area contributed by atoms with E-state index >= 15 is 0 Å². The van der Waals surface area contributed by atoms with Crippen molar-refractivity contribution in [2.45, 2.75) is 56.8 Å². The zero-order valence-electron chi connectivity index (χ0n) is 19.4. The van der Waals surface area contributed by atoms with E-state index in [4.69, 9.17) is 10.5 Å². The summed E-state index contributed by atoms with van der Waals surface area (Å²) in [5, 5.41) is -0.304. The Morgan fingerprint density at radius 1 is 1.12 bits per heavy atom. The van der Waals surface area contributed by atoms with Crippen molar-refractivity contribution >= 4 is 17.0 Å². The van der Waals surface area contributed by atoms with Crippen molar-refractivity contribution in [3.63, 3.8) is 0 Å². The monoisotopic (exact) mass is 459 g/mol. The van der Waals surface area contributed by atoms with Gasteiger partial charge < -0.3 is 15.4 Å². The average molecular weight is 460 g/mol. The summed E-state index contributed by atoms with van der Waals surface area (Å²) < 4.78 is 34.5. The molecule has 0 spiro atoms. The van der Waals surface area contributed by atoms with E-state index in [2.05, 4.69) is 40.6 Å². The van der Waals surface area contributed by atoms with Gasteiger partial charge in [0.25, 0.3) is 6.02 Å². The van der Waals surface area contributed by atoms with Crippen molar-refractivity contribution in [3.05, 3.63) is 71.0 Å². The van der Waals surface area contributed by atoms with Gasteiger partial charge in [-0.15, -0.1) is 4.40 Å². The Kier molecular flexibility index (Phi) is 8.06. The minimum absolute atomic E-state index is 0.00697. The second-order valence-corrected chi connectivity index (χ2v) is 10.2. The van der Waals surface area contributed by atoms with Crippen molar-refractivity contribution < 1.29 is 13.3 Å². The highest BCUT2D eigenvalue weighted by atomic mass is 32.2. The van der Waals surface area contributed by atoms with Crippen LogP contribution >= 0.6 is 0 Å². The van der Waals surface area contributed by atoms with Crippen molar-refractivity contribution in [1.82, 2.24) is 4.90 Å². The van der Waals surface area contributed by atoms with Gasteiger partial charge in [0.2, 0.25) is 0 Å². The smallest absolute Gasteiger partial charge is 0.296 e. The number of likely N-dealkylation sites (tertiary alicyclic amines) is 1. The van der Waals surface area contributed by atoms with Crippen molar-refractivity contribution in [3.8, 4) is 0 Å². The van der Waals surface area contributed by atoms with Gasteiger partial charge >= 0.3 is 0 Å². The van der Waals surface area contributed by atoms with Gasteiger partial charge in [-0.25, -0.2) is 8.60 Å². The Balaban J connectivity index is 0.000000269. The van der Waals surface area contributed by atoms with Crippen molar-refractivity contribution in [2.75, 3.05) is 20.1 Å². The molecule has 1 fully saturated rings. The fourth-order valence-corrected chi connectivity index (χ4v) is 5.56. The lowest BCUT2D eigenvalue weighted by atomic mass is 9.88. The van der Waals surface area contributed by atoms with Crippen LogP contribution in [-0.4, -0.2) is 40.9 Å². The molecular weight excluding hydrogens is 425 g/mol. The van der Waals surface area contributed by atoms with Gasteiger partial charge in [-0.2, -0.15) is 0 Å². The summed E-state index contributed by atoms with van der Waals surface area (Å²) in [6.07, 6.45) is 3.16. The number of ether oxygens (including phenoxy) is 1. The summed E-state index contributed by atoms with van der Waals surface area (Å²) in [5.41, 5.74) is 8.11. The molecule has 7 heteroatoms. The van der Waals surface area contributed by atoms with E-state index in [0.717, 1.165) is 30.6 Å². The molecule has 2 aliphatic rings. The molecule has 0 aromatic heterocycles. The number of benzene rings is 2. The fourth-order valence-electron chi connectivity index (χ4n) is 4.31. The lowest BCUT2D eigenvalue weighted by Gasteiger charge is -2.36. The summed E-state index contributed by atoms with van der Waals surface area (Å²) in [5.74, 6) is 0.523. The van der Waals surface area contributed by atoms with Crippen LogP contribution in [0.1, 0.15) is 61.5 Å². The lowest BCUT2D eigenvalue weighted by molar-refractivity contribution is 0.0848. The first-order valence-corrected chi connectivity index (χ1v) is 12.3. The molecule has 174 valence electrons. The van der Waals surface area contributed by atoms with Crippen LogP contribution in [0.5, 0.6) is 0 Å². The molecule has 2 aromatic carbocycles. The molecule has 2 aromatic rings. The van der Waals surface area contributed by atoms with Crippen LogP contribution in [0.15, 0.2) is 52.9 Å². The predicted octanol–water partition coefficient (Wildman–Crippen LogP) is 4.71. The molecule has 0 aliphatic carbocycles. The molecule has 32 heavy (non-hydrogen) atoms. The van der Waals surface area contributed by atoms with E-state index in [9.17, 15) is 8.60 Å². The number of halogens is 1. The summed E-state index contributed by atoms with van der Waals surface area (Å²) in [6, 6.07) is 15.3.